The van der Waals surface area contributed by atoms with Gasteiger partial charge in [-0.2, -0.15) is 0 Å². The van der Waals surface area contributed by atoms with Gasteiger partial charge in [-0.1, -0.05) is 17.2 Å². The maximum Gasteiger partial charge on any atom is 0.341 e. The Morgan fingerprint density at radius 3 is 2.24 bits per heavy atom. The number of benzene rings is 1. The van der Waals surface area contributed by atoms with E-state index in [0.29, 0.717) is 24.5 Å². The first-order valence-corrected chi connectivity index (χ1v) is 6.87. The molecule has 21 heavy (non-hydrogen) atoms. The zero-order valence-electron chi connectivity index (χ0n) is 11.6. The molecule has 1 aliphatic heterocycles. The van der Waals surface area contributed by atoms with Crippen LogP contribution in [0.2, 0.25) is 0 Å². The molecular formula is C15H15NO5. The van der Waals surface area contributed by atoms with Crippen molar-refractivity contribution in [2.75, 3.05) is 13.2 Å². The maximum atomic E-state index is 12.2. The molecule has 0 saturated heterocycles. The Morgan fingerprint density at radius 2 is 1.76 bits per heavy atom. The van der Waals surface area contributed by atoms with Gasteiger partial charge in [0.1, 0.15) is 0 Å². The zero-order valence-corrected chi connectivity index (χ0v) is 11.6. The summed E-state index contributed by atoms with van der Waals surface area (Å²) in [5.41, 5.74) is -0.194. The van der Waals surface area contributed by atoms with Crippen molar-refractivity contribution in [3.05, 3.63) is 35.4 Å². The number of rotatable bonds is 5. The highest BCUT2D eigenvalue weighted by Crippen LogP contribution is 2.47. The van der Waals surface area contributed by atoms with Crippen LogP contribution in [0.3, 0.4) is 0 Å². The fraction of sp³-hybridized carbons (Fsp3) is 0.400. The topological polar surface area (TPSA) is 72.9 Å². The Balaban J connectivity index is 1.74. The lowest BCUT2D eigenvalue weighted by molar-refractivity contribution is -0.177. The molecule has 0 unspecified atom stereocenters. The maximum absolute atomic E-state index is 12.2. The molecule has 6 nitrogen and oxygen atoms in total. The second-order valence-corrected chi connectivity index (χ2v) is 5.25. The number of carbonyl (C=O) groups is 3. The third-order valence-corrected chi connectivity index (χ3v) is 3.80. The van der Waals surface area contributed by atoms with Gasteiger partial charge in [-0.3, -0.25) is 9.59 Å². The lowest BCUT2D eigenvalue weighted by Crippen LogP contribution is -2.37. The van der Waals surface area contributed by atoms with Crippen LogP contribution in [0, 0.1) is 5.41 Å². The van der Waals surface area contributed by atoms with Crippen molar-refractivity contribution in [3.63, 3.8) is 0 Å². The summed E-state index contributed by atoms with van der Waals surface area (Å²) >= 11 is 0. The average Bonchev–Trinajstić information content (AvgIpc) is 3.26. The summed E-state index contributed by atoms with van der Waals surface area (Å²) in [5, 5.41) is 0.555. The minimum absolute atomic E-state index is 0.255. The number of hydrogen-bond donors (Lipinski definition) is 0. The van der Waals surface area contributed by atoms with Gasteiger partial charge in [-0.25, -0.2) is 4.79 Å². The Morgan fingerprint density at radius 1 is 1.19 bits per heavy atom. The summed E-state index contributed by atoms with van der Waals surface area (Å²) in [5.74, 6) is -1.78. The summed E-state index contributed by atoms with van der Waals surface area (Å²) < 4.78 is 5.27. The van der Waals surface area contributed by atoms with Gasteiger partial charge in [-0.15, -0.1) is 0 Å². The number of fused-ring (bicyclic) bond motifs is 1. The summed E-state index contributed by atoms with van der Waals surface area (Å²) in [6.07, 6.45) is 1.30. The Labute approximate surface area is 121 Å². The quantitative estimate of drug-likeness (QED) is 0.769. The van der Waals surface area contributed by atoms with Crippen molar-refractivity contribution >= 4 is 17.8 Å². The molecule has 110 valence electrons. The van der Waals surface area contributed by atoms with Gasteiger partial charge in [0, 0.05) is 6.61 Å². The van der Waals surface area contributed by atoms with E-state index in [1.807, 2.05) is 6.92 Å². The predicted molar refractivity (Wildman–Crippen MR) is 71.2 cm³/mol. The van der Waals surface area contributed by atoms with Crippen molar-refractivity contribution in [1.29, 1.82) is 0 Å². The van der Waals surface area contributed by atoms with Crippen LogP contribution in [-0.2, 0) is 14.4 Å². The number of carbonyl (C=O) groups excluding carboxylic acids is 3. The summed E-state index contributed by atoms with van der Waals surface area (Å²) in [4.78, 5) is 41.4. The smallest absolute Gasteiger partial charge is 0.341 e. The van der Waals surface area contributed by atoms with Gasteiger partial charge >= 0.3 is 5.97 Å². The van der Waals surface area contributed by atoms with E-state index < -0.39 is 23.2 Å². The fourth-order valence-electron chi connectivity index (χ4n) is 2.29. The molecule has 0 atom stereocenters. The predicted octanol–water partition coefficient (Wildman–Crippen LogP) is 1.56. The van der Waals surface area contributed by atoms with Crippen LogP contribution in [-0.4, -0.2) is 36.1 Å². The van der Waals surface area contributed by atoms with Crippen LogP contribution in [0.4, 0.5) is 0 Å². The van der Waals surface area contributed by atoms with Gasteiger partial charge in [0.2, 0.25) is 0 Å². The molecule has 1 aliphatic carbocycles. The number of hydrogen-bond acceptors (Lipinski definition) is 5. The van der Waals surface area contributed by atoms with Gasteiger partial charge < -0.3 is 9.57 Å². The highest BCUT2D eigenvalue weighted by molar-refractivity contribution is 6.20. The molecule has 1 aromatic carbocycles. The Bertz CT molecular complexity index is 585. The Hall–Kier alpha value is -2.21. The average molecular weight is 289 g/mol. The standard InChI is InChI=1S/C15H15NO5/c1-2-20-9-15(7-8-15)14(19)21-16-12(17)10-5-3-4-6-11(10)13(16)18/h3-6H,2,7-9H2,1H3. The van der Waals surface area contributed by atoms with Gasteiger partial charge in [-0.05, 0) is 31.9 Å². The van der Waals surface area contributed by atoms with E-state index in [1.54, 1.807) is 12.1 Å². The highest BCUT2D eigenvalue weighted by atomic mass is 16.7. The lowest BCUT2D eigenvalue weighted by atomic mass is 10.1. The van der Waals surface area contributed by atoms with Gasteiger partial charge in [0.25, 0.3) is 11.8 Å². The number of amides is 2. The molecule has 0 spiro atoms. The van der Waals surface area contributed by atoms with E-state index in [0.717, 1.165) is 0 Å². The highest BCUT2D eigenvalue weighted by Gasteiger charge is 2.54. The van der Waals surface area contributed by atoms with Crippen molar-refractivity contribution in [1.82, 2.24) is 5.06 Å². The zero-order chi connectivity index (χ0) is 15.0. The molecule has 0 aromatic heterocycles. The molecular weight excluding hydrogens is 274 g/mol. The van der Waals surface area contributed by atoms with Crippen molar-refractivity contribution in [3.8, 4) is 0 Å². The molecule has 3 rings (SSSR count). The number of imide groups is 1. The summed E-state index contributed by atoms with van der Waals surface area (Å²) in [6.45, 7) is 2.60. The number of ether oxygens (including phenoxy) is 1. The SMILES string of the molecule is CCOCC1(C(=O)ON2C(=O)c3ccccc3C2=O)CC1. The van der Waals surface area contributed by atoms with E-state index >= 15 is 0 Å². The van der Waals surface area contributed by atoms with Crippen LogP contribution < -0.4 is 0 Å². The molecule has 0 radical (unpaired) electrons. The largest absolute Gasteiger partial charge is 0.381 e. The second-order valence-electron chi connectivity index (χ2n) is 5.25. The molecule has 1 heterocycles. The number of nitrogens with zero attached hydrogens (tertiary/aromatic N) is 1. The van der Waals surface area contributed by atoms with E-state index in [1.165, 1.54) is 12.1 Å². The minimum Gasteiger partial charge on any atom is -0.381 e. The lowest BCUT2D eigenvalue weighted by Gasteiger charge is -2.18. The van der Waals surface area contributed by atoms with E-state index in [2.05, 4.69) is 0 Å². The third kappa shape index (κ3) is 2.21. The fourth-order valence-corrected chi connectivity index (χ4v) is 2.29. The molecule has 0 N–H and O–H groups in total. The third-order valence-electron chi connectivity index (χ3n) is 3.80. The van der Waals surface area contributed by atoms with Gasteiger partial charge in [0.15, 0.2) is 0 Å². The molecule has 0 bridgehead atoms. The summed E-state index contributed by atoms with van der Waals surface area (Å²) in [6, 6.07) is 6.40. The van der Waals surface area contributed by atoms with Crippen molar-refractivity contribution < 1.29 is 24.0 Å². The first-order valence-electron chi connectivity index (χ1n) is 6.87. The van der Waals surface area contributed by atoms with Gasteiger partial charge in [0.05, 0.1) is 23.1 Å². The van der Waals surface area contributed by atoms with Crippen molar-refractivity contribution in [2.45, 2.75) is 19.8 Å². The van der Waals surface area contributed by atoms with Crippen LogP contribution in [0.5, 0.6) is 0 Å². The van der Waals surface area contributed by atoms with E-state index in [4.69, 9.17) is 9.57 Å². The van der Waals surface area contributed by atoms with E-state index in [9.17, 15) is 14.4 Å². The molecule has 2 aliphatic rings. The first kappa shape index (κ1) is 13.8. The van der Waals surface area contributed by atoms with Crippen LogP contribution >= 0.6 is 0 Å². The molecule has 6 heteroatoms. The molecule has 1 fully saturated rings. The monoisotopic (exact) mass is 289 g/mol. The van der Waals surface area contributed by atoms with Crippen LogP contribution in [0.15, 0.2) is 24.3 Å². The van der Waals surface area contributed by atoms with Crippen LogP contribution in [0.1, 0.15) is 40.5 Å². The van der Waals surface area contributed by atoms with E-state index in [-0.39, 0.29) is 17.7 Å². The van der Waals surface area contributed by atoms with Crippen molar-refractivity contribution in [2.24, 2.45) is 5.41 Å². The molecule has 2 amide bonds. The number of hydroxylamine groups is 2. The first-order chi connectivity index (χ1) is 10.1. The molecule has 1 saturated carbocycles. The summed E-state index contributed by atoms with van der Waals surface area (Å²) in [7, 11) is 0. The Kier molecular flexibility index (Phi) is 3.25. The normalized spacial score (nSPS) is 18.6. The second kappa shape index (κ2) is 4.96. The van der Waals surface area contributed by atoms with Crippen LogP contribution in [0.25, 0.3) is 0 Å². The molecule has 1 aromatic rings. The minimum atomic E-state index is -0.703.